The van der Waals surface area contributed by atoms with Gasteiger partial charge < -0.3 is 5.32 Å². The Bertz CT molecular complexity index is 542. The zero-order valence-corrected chi connectivity index (χ0v) is 13.2. The first-order valence-electron chi connectivity index (χ1n) is 6.90. The fourth-order valence-corrected chi connectivity index (χ4v) is 2.78. The highest BCUT2D eigenvalue weighted by Gasteiger charge is 2.12. The number of rotatable bonds is 6. The summed E-state index contributed by atoms with van der Waals surface area (Å²) in [5.74, 6) is -0.135. The fourth-order valence-electron chi connectivity index (χ4n) is 2.37. The normalized spacial score (nSPS) is 12.3. The molecule has 1 nitrogen and oxygen atoms in total. The maximum atomic E-state index is 13.9. The highest BCUT2D eigenvalue weighted by molar-refractivity contribution is 9.10. The van der Waals surface area contributed by atoms with Crippen molar-refractivity contribution in [2.45, 2.75) is 25.8 Å². The Labute approximate surface area is 128 Å². The first kappa shape index (κ1) is 15.2. The van der Waals surface area contributed by atoms with E-state index in [4.69, 9.17) is 0 Å². The van der Waals surface area contributed by atoms with E-state index < -0.39 is 0 Å². The van der Waals surface area contributed by atoms with Gasteiger partial charge in [-0.15, -0.1) is 0 Å². The molecule has 0 aliphatic carbocycles. The average molecular weight is 336 g/mol. The van der Waals surface area contributed by atoms with Crippen LogP contribution in [0.5, 0.6) is 0 Å². The lowest BCUT2D eigenvalue weighted by atomic mass is 9.98. The van der Waals surface area contributed by atoms with Crippen LogP contribution in [0.4, 0.5) is 4.39 Å². The Kier molecular flexibility index (Phi) is 5.74. The van der Waals surface area contributed by atoms with Crippen LogP contribution in [0.25, 0.3) is 0 Å². The van der Waals surface area contributed by atoms with Gasteiger partial charge in [0, 0.05) is 10.5 Å². The van der Waals surface area contributed by atoms with E-state index in [1.54, 1.807) is 6.07 Å². The van der Waals surface area contributed by atoms with E-state index in [-0.39, 0.29) is 11.9 Å². The third kappa shape index (κ3) is 4.43. The molecule has 20 heavy (non-hydrogen) atoms. The van der Waals surface area contributed by atoms with Crippen LogP contribution in [0.15, 0.2) is 53.0 Å². The molecule has 3 heteroatoms. The van der Waals surface area contributed by atoms with E-state index in [1.807, 2.05) is 24.3 Å². The van der Waals surface area contributed by atoms with Gasteiger partial charge >= 0.3 is 0 Å². The van der Waals surface area contributed by atoms with E-state index in [0.717, 1.165) is 23.0 Å². The standard InChI is InChI=1S/C17H19BrFN/c1-2-20-16(10-13-6-4-3-5-7-13)12-14-11-15(18)8-9-17(14)19/h3-9,11,16,20H,2,10,12H2,1H3. The average Bonchev–Trinajstić information content (AvgIpc) is 2.44. The predicted octanol–water partition coefficient (Wildman–Crippen LogP) is 4.35. The van der Waals surface area contributed by atoms with Gasteiger partial charge in [-0.1, -0.05) is 53.2 Å². The fraction of sp³-hybridized carbons (Fsp3) is 0.294. The van der Waals surface area contributed by atoms with Crippen molar-refractivity contribution in [3.05, 3.63) is 69.9 Å². The smallest absolute Gasteiger partial charge is 0.126 e. The molecule has 0 bridgehead atoms. The van der Waals surface area contributed by atoms with Crippen molar-refractivity contribution in [2.24, 2.45) is 0 Å². The molecule has 0 heterocycles. The molecule has 0 fully saturated rings. The molecule has 0 amide bonds. The maximum absolute atomic E-state index is 13.9. The molecule has 0 aliphatic heterocycles. The lowest BCUT2D eigenvalue weighted by molar-refractivity contribution is 0.505. The molecule has 2 aromatic rings. The molecule has 1 atom stereocenters. The van der Waals surface area contributed by atoms with E-state index in [0.29, 0.717) is 6.42 Å². The van der Waals surface area contributed by atoms with Gasteiger partial charge in [0.15, 0.2) is 0 Å². The van der Waals surface area contributed by atoms with Crippen molar-refractivity contribution in [3.8, 4) is 0 Å². The zero-order valence-electron chi connectivity index (χ0n) is 11.6. The topological polar surface area (TPSA) is 12.0 Å². The Morgan fingerprint density at radius 2 is 1.85 bits per heavy atom. The number of likely N-dealkylation sites (N-methyl/N-ethyl adjacent to an activating group) is 1. The summed E-state index contributed by atoms with van der Waals surface area (Å²) in [4.78, 5) is 0. The number of nitrogens with one attached hydrogen (secondary N) is 1. The van der Waals surface area contributed by atoms with E-state index in [1.165, 1.54) is 11.6 Å². The van der Waals surface area contributed by atoms with E-state index >= 15 is 0 Å². The maximum Gasteiger partial charge on any atom is 0.126 e. The molecule has 0 spiro atoms. The van der Waals surface area contributed by atoms with Crippen molar-refractivity contribution in [1.82, 2.24) is 5.32 Å². The predicted molar refractivity (Wildman–Crippen MR) is 85.4 cm³/mol. The summed E-state index contributed by atoms with van der Waals surface area (Å²) in [5.41, 5.74) is 2.02. The van der Waals surface area contributed by atoms with Crippen molar-refractivity contribution in [1.29, 1.82) is 0 Å². The summed E-state index contributed by atoms with van der Waals surface area (Å²) in [6, 6.07) is 15.7. The third-order valence-electron chi connectivity index (χ3n) is 3.29. The largest absolute Gasteiger partial charge is 0.314 e. The lowest BCUT2D eigenvalue weighted by Crippen LogP contribution is -2.33. The van der Waals surface area contributed by atoms with Crippen LogP contribution >= 0.6 is 15.9 Å². The quantitative estimate of drug-likeness (QED) is 0.827. The minimum absolute atomic E-state index is 0.135. The molecular formula is C17H19BrFN. The van der Waals surface area contributed by atoms with Crippen LogP contribution in [-0.4, -0.2) is 12.6 Å². The second-order valence-corrected chi connectivity index (χ2v) is 5.80. The molecular weight excluding hydrogens is 317 g/mol. The lowest BCUT2D eigenvalue weighted by Gasteiger charge is -2.18. The molecule has 2 rings (SSSR count). The van der Waals surface area contributed by atoms with Crippen molar-refractivity contribution in [3.63, 3.8) is 0 Å². The number of hydrogen-bond acceptors (Lipinski definition) is 1. The van der Waals surface area contributed by atoms with Gasteiger partial charge in [-0.2, -0.15) is 0 Å². The Hall–Kier alpha value is -1.19. The SMILES string of the molecule is CCNC(Cc1ccccc1)Cc1cc(Br)ccc1F. The minimum Gasteiger partial charge on any atom is -0.314 e. The second kappa shape index (κ2) is 7.55. The molecule has 0 saturated carbocycles. The van der Waals surface area contributed by atoms with Crippen LogP contribution < -0.4 is 5.32 Å². The van der Waals surface area contributed by atoms with Gasteiger partial charge in [0.1, 0.15) is 5.82 Å². The second-order valence-electron chi connectivity index (χ2n) is 4.88. The summed E-state index contributed by atoms with van der Waals surface area (Å²) in [6.45, 7) is 2.96. The number of benzene rings is 2. The zero-order chi connectivity index (χ0) is 14.4. The highest BCUT2D eigenvalue weighted by atomic mass is 79.9. The van der Waals surface area contributed by atoms with Gasteiger partial charge in [-0.05, 0) is 48.7 Å². The van der Waals surface area contributed by atoms with Gasteiger partial charge in [-0.3, -0.25) is 0 Å². The van der Waals surface area contributed by atoms with Gasteiger partial charge in [0.2, 0.25) is 0 Å². The number of halogens is 2. The summed E-state index contributed by atoms with van der Waals surface area (Å²) in [5, 5.41) is 3.44. The van der Waals surface area contributed by atoms with E-state index in [9.17, 15) is 4.39 Å². The highest BCUT2D eigenvalue weighted by Crippen LogP contribution is 2.18. The van der Waals surface area contributed by atoms with Gasteiger partial charge in [0.25, 0.3) is 0 Å². The van der Waals surface area contributed by atoms with Crippen LogP contribution in [-0.2, 0) is 12.8 Å². The molecule has 0 aromatic heterocycles. The van der Waals surface area contributed by atoms with Gasteiger partial charge in [-0.25, -0.2) is 4.39 Å². The number of hydrogen-bond donors (Lipinski definition) is 1. The summed E-state index contributed by atoms with van der Waals surface area (Å²) in [7, 11) is 0. The molecule has 2 aromatic carbocycles. The minimum atomic E-state index is -0.135. The Morgan fingerprint density at radius 1 is 1.10 bits per heavy atom. The molecule has 1 N–H and O–H groups in total. The first-order chi connectivity index (χ1) is 9.69. The van der Waals surface area contributed by atoms with Crippen LogP contribution in [0, 0.1) is 5.82 Å². The van der Waals surface area contributed by atoms with Crippen molar-refractivity contribution in [2.75, 3.05) is 6.54 Å². The molecule has 106 valence electrons. The summed E-state index contributed by atoms with van der Waals surface area (Å²) in [6.07, 6.45) is 1.59. The van der Waals surface area contributed by atoms with Crippen LogP contribution in [0.3, 0.4) is 0 Å². The molecule has 1 unspecified atom stereocenters. The van der Waals surface area contributed by atoms with Gasteiger partial charge in [0.05, 0.1) is 0 Å². The molecule has 0 aliphatic rings. The Balaban J connectivity index is 2.11. The van der Waals surface area contributed by atoms with E-state index in [2.05, 4.69) is 40.3 Å². The monoisotopic (exact) mass is 335 g/mol. The summed E-state index contributed by atoms with van der Waals surface area (Å²) >= 11 is 3.40. The van der Waals surface area contributed by atoms with Crippen molar-refractivity contribution < 1.29 is 4.39 Å². The summed E-state index contributed by atoms with van der Waals surface area (Å²) < 4.78 is 14.8. The first-order valence-corrected chi connectivity index (χ1v) is 7.69. The van der Waals surface area contributed by atoms with Crippen LogP contribution in [0.2, 0.25) is 0 Å². The molecule has 0 saturated heterocycles. The third-order valence-corrected chi connectivity index (χ3v) is 3.79. The van der Waals surface area contributed by atoms with Crippen molar-refractivity contribution >= 4 is 15.9 Å². The molecule has 0 radical (unpaired) electrons. The van der Waals surface area contributed by atoms with Crippen LogP contribution in [0.1, 0.15) is 18.1 Å². The Morgan fingerprint density at radius 3 is 2.55 bits per heavy atom.